The van der Waals surface area contributed by atoms with Gasteiger partial charge in [-0.1, -0.05) is 6.07 Å². The highest BCUT2D eigenvalue weighted by Gasteiger charge is 2.07. The van der Waals surface area contributed by atoms with Gasteiger partial charge >= 0.3 is 0 Å². The Kier molecular flexibility index (Phi) is 2.62. The lowest BCUT2D eigenvalue weighted by molar-refractivity contribution is 0.267. The zero-order valence-corrected chi connectivity index (χ0v) is 6.99. The maximum atomic E-state index is 8.80. The summed E-state index contributed by atoms with van der Waals surface area (Å²) in [7, 11) is 0. The number of nitrogens with two attached hydrogens (primary N) is 2. The molecule has 0 saturated heterocycles. The molecule has 66 valence electrons. The van der Waals surface area contributed by atoms with E-state index >= 15 is 0 Å². The van der Waals surface area contributed by atoms with Gasteiger partial charge in [-0.3, -0.25) is 0 Å². The molecule has 5 N–H and O–H groups in total. The molecule has 0 bridgehead atoms. The van der Waals surface area contributed by atoms with Crippen molar-refractivity contribution in [2.75, 3.05) is 12.3 Å². The fourth-order valence-electron chi connectivity index (χ4n) is 1.08. The normalized spacial score (nSPS) is 12.9. The van der Waals surface area contributed by atoms with Crippen molar-refractivity contribution in [2.45, 2.75) is 13.0 Å². The van der Waals surface area contributed by atoms with Crippen molar-refractivity contribution < 1.29 is 5.11 Å². The van der Waals surface area contributed by atoms with Crippen LogP contribution >= 0.6 is 0 Å². The first-order chi connectivity index (χ1) is 5.65. The van der Waals surface area contributed by atoms with Crippen LogP contribution in [0.25, 0.3) is 0 Å². The lowest BCUT2D eigenvalue weighted by atomic mass is 10.1. The van der Waals surface area contributed by atoms with Crippen molar-refractivity contribution in [2.24, 2.45) is 5.73 Å². The van der Waals surface area contributed by atoms with Gasteiger partial charge in [0.05, 0.1) is 12.6 Å². The minimum absolute atomic E-state index is 0.0769. The molecule has 1 aromatic heterocycles. The Bertz CT molecular complexity index is 275. The minimum Gasteiger partial charge on any atom is -0.394 e. The fourth-order valence-corrected chi connectivity index (χ4v) is 1.08. The molecule has 0 aromatic carbocycles. The smallest absolute Gasteiger partial charge is 0.123 e. The summed E-state index contributed by atoms with van der Waals surface area (Å²) in [5, 5.41) is 8.80. The second-order valence-corrected chi connectivity index (χ2v) is 2.70. The third kappa shape index (κ3) is 1.72. The number of nitrogens with zero attached hydrogens (tertiary/aromatic N) is 1. The van der Waals surface area contributed by atoms with Crippen molar-refractivity contribution in [1.82, 2.24) is 4.98 Å². The molecule has 0 aliphatic heterocycles. The number of aliphatic hydroxyl groups is 1. The highest BCUT2D eigenvalue weighted by molar-refractivity contribution is 5.35. The van der Waals surface area contributed by atoms with Crippen LogP contribution < -0.4 is 11.5 Å². The lowest BCUT2D eigenvalue weighted by Gasteiger charge is -2.10. The molecule has 4 nitrogen and oxygen atoms in total. The summed E-state index contributed by atoms with van der Waals surface area (Å²) in [6.45, 7) is 1.74. The van der Waals surface area contributed by atoms with E-state index in [2.05, 4.69) is 4.98 Å². The third-order valence-corrected chi connectivity index (χ3v) is 1.74. The standard InChI is InChI=1S/C8H13N3O/c1-5-6(7(9)4-12)2-3-8(10)11-5/h2-3,7,12H,4,9H2,1H3,(H2,10,11)/t7-/m0/s1. The molecule has 1 rings (SSSR count). The Balaban J connectivity index is 3.01. The monoisotopic (exact) mass is 167 g/mol. The summed E-state index contributed by atoms with van der Waals surface area (Å²) in [4.78, 5) is 4.03. The first kappa shape index (κ1) is 8.96. The summed E-state index contributed by atoms with van der Waals surface area (Å²) in [6, 6.07) is 3.11. The predicted octanol–water partition coefficient (Wildman–Crippen LogP) is -0.0357. The highest BCUT2D eigenvalue weighted by Crippen LogP contribution is 2.14. The van der Waals surface area contributed by atoms with Gasteiger partial charge in [-0.2, -0.15) is 0 Å². The van der Waals surface area contributed by atoms with Crippen LogP contribution in [0.3, 0.4) is 0 Å². The van der Waals surface area contributed by atoms with Gasteiger partial charge in [-0.15, -0.1) is 0 Å². The van der Waals surface area contributed by atoms with Gasteiger partial charge < -0.3 is 16.6 Å². The maximum Gasteiger partial charge on any atom is 0.123 e. The number of aliphatic hydroxyl groups excluding tert-OH is 1. The Labute approximate surface area is 71.2 Å². The van der Waals surface area contributed by atoms with Gasteiger partial charge in [0.15, 0.2) is 0 Å². The van der Waals surface area contributed by atoms with E-state index < -0.39 is 0 Å². The average molecular weight is 167 g/mol. The van der Waals surface area contributed by atoms with Crippen LogP contribution in [0.15, 0.2) is 12.1 Å². The summed E-state index contributed by atoms with van der Waals surface area (Å²) in [5.41, 5.74) is 12.7. The Morgan fingerprint density at radius 3 is 2.75 bits per heavy atom. The number of anilines is 1. The first-order valence-corrected chi connectivity index (χ1v) is 3.74. The number of nitrogen functional groups attached to an aromatic ring is 1. The molecule has 0 amide bonds. The van der Waals surface area contributed by atoms with E-state index in [1.807, 2.05) is 6.92 Å². The topological polar surface area (TPSA) is 85.2 Å². The van der Waals surface area contributed by atoms with Crippen molar-refractivity contribution in [3.8, 4) is 0 Å². The van der Waals surface area contributed by atoms with Crippen LogP contribution in [0.2, 0.25) is 0 Å². The summed E-state index contributed by atoms with van der Waals surface area (Å²) in [5.74, 6) is 0.474. The largest absolute Gasteiger partial charge is 0.394 e. The number of hydrogen-bond donors (Lipinski definition) is 3. The van der Waals surface area contributed by atoms with Crippen LogP contribution in [0, 0.1) is 6.92 Å². The Hall–Kier alpha value is -1.13. The zero-order chi connectivity index (χ0) is 9.14. The van der Waals surface area contributed by atoms with Gasteiger partial charge in [0.1, 0.15) is 5.82 Å². The van der Waals surface area contributed by atoms with Gasteiger partial charge in [-0.25, -0.2) is 4.98 Å². The van der Waals surface area contributed by atoms with Gasteiger partial charge in [0, 0.05) is 5.69 Å². The first-order valence-electron chi connectivity index (χ1n) is 3.74. The van der Waals surface area contributed by atoms with E-state index in [1.165, 1.54) is 0 Å². The van der Waals surface area contributed by atoms with Crippen LogP contribution in [0.4, 0.5) is 5.82 Å². The SMILES string of the molecule is Cc1nc(N)ccc1[C@@H](N)CO. The molecule has 1 heterocycles. The average Bonchev–Trinajstić information content (AvgIpc) is 2.03. The van der Waals surface area contributed by atoms with E-state index in [1.54, 1.807) is 12.1 Å². The maximum absolute atomic E-state index is 8.80. The Morgan fingerprint density at radius 2 is 2.25 bits per heavy atom. The summed E-state index contributed by atoms with van der Waals surface area (Å²) in [6.07, 6.45) is 0. The lowest BCUT2D eigenvalue weighted by Crippen LogP contribution is -2.16. The molecule has 0 saturated carbocycles. The minimum atomic E-state index is -0.363. The van der Waals surface area contributed by atoms with E-state index in [0.29, 0.717) is 5.82 Å². The number of hydrogen-bond acceptors (Lipinski definition) is 4. The van der Waals surface area contributed by atoms with Gasteiger partial charge in [-0.05, 0) is 18.6 Å². The van der Waals surface area contributed by atoms with E-state index in [0.717, 1.165) is 11.3 Å². The van der Waals surface area contributed by atoms with E-state index in [-0.39, 0.29) is 12.6 Å². The van der Waals surface area contributed by atoms with Crippen LogP contribution in [0.5, 0.6) is 0 Å². The molecule has 0 aliphatic rings. The summed E-state index contributed by atoms with van der Waals surface area (Å²) >= 11 is 0. The zero-order valence-electron chi connectivity index (χ0n) is 6.99. The molecule has 12 heavy (non-hydrogen) atoms. The molecule has 1 aromatic rings. The summed E-state index contributed by atoms with van der Waals surface area (Å²) < 4.78 is 0. The molecule has 1 atom stereocenters. The number of aryl methyl sites for hydroxylation is 1. The molecule has 0 fully saturated rings. The number of pyridine rings is 1. The fraction of sp³-hybridized carbons (Fsp3) is 0.375. The molecule has 0 radical (unpaired) electrons. The van der Waals surface area contributed by atoms with Gasteiger partial charge in [0.2, 0.25) is 0 Å². The van der Waals surface area contributed by atoms with Crippen molar-refractivity contribution in [3.63, 3.8) is 0 Å². The quantitative estimate of drug-likeness (QED) is 0.577. The van der Waals surface area contributed by atoms with Crippen LogP contribution in [-0.4, -0.2) is 16.7 Å². The van der Waals surface area contributed by atoms with Crippen LogP contribution in [-0.2, 0) is 0 Å². The molecule has 4 heteroatoms. The third-order valence-electron chi connectivity index (χ3n) is 1.74. The number of rotatable bonds is 2. The van der Waals surface area contributed by atoms with E-state index in [4.69, 9.17) is 16.6 Å². The van der Waals surface area contributed by atoms with E-state index in [9.17, 15) is 0 Å². The van der Waals surface area contributed by atoms with Gasteiger partial charge in [0.25, 0.3) is 0 Å². The highest BCUT2D eigenvalue weighted by atomic mass is 16.3. The van der Waals surface area contributed by atoms with Crippen molar-refractivity contribution in [3.05, 3.63) is 23.4 Å². The second-order valence-electron chi connectivity index (χ2n) is 2.70. The predicted molar refractivity (Wildman–Crippen MR) is 47.4 cm³/mol. The Morgan fingerprint density at radius 1 is 1.58 bits per heavy atom. The number of aromatic nitrogens is 1. The molecular weight excluding hydrogens is 154 g/mol. The van der Waals surface area contributed by atoms with Crippen molar-refractivity contribution >= 4 is 5.82 Å². The van der Waals surface area contributed by atoms with Crippen LogP contribution in [0.1, 0.15) is 17.3 Å². The second kappa shape index (κ2) is 3.51. The molecule has 0 unspecified atom stereocenters. The molecular formula is C8H13N3O. The molecule has 0 spiro atoms. The van der Waals surface area contributed by atoms with Crippen molar-refractivity contribution in [1.29, 1.82) is 0 Å². The molecule has 0 aliphatic carbocycles.